The van der Waals surface area contributed by atoms with Crippen molar-refractivity contribution in [1.29, 1.82) is 5.41 Å². The quantitative estimate of drug-likeness (QED) is 0.211. The molecule has 2 heterocycles. The average molecular weight is 515 g/mol. The minimum absolute atomic E-state index is 0.118. The van der Waals surface area contributed by atoms with Gasteiger partial charge < -0.3 is 30.5 Å². The van der Waals surface area contributed by atoms with Crippen molar-refractivity contribution in [2.75, 3.05) is 43.6 Å². The summed E-state index contributed by atoms with van der Waals surface area (Å²) in [4.78, 5) is 10.5. The lowest BCUT2D eigenvalue weighted by atomic mass is 9.93. The van der Waals surface area contributed by atoms with Crippen LogP contribution in [0.2, 0.25) is 0 Å². The Kier molecular flexibility index (Phi) is 7.92. The molecule has 4 rings (SSSR count). The van der Waals surface area contributed by atoms with E-state index in [0.717, 1.165) is 29.4 Å². The van der Waals surface area contributed by atoms with Gasteiger partial charge in [-0.05, 0) is 62.6 Å². The molecule has 0 aliphatic rings. The van der Waals surface area contributed by atoms with Crippen LogP contribution in [0.4, 0.5) is 28.8 Å². The molecule has 0 saturated carbocycles. The Labute approximate surface area is 222 Å². The lowest BCUT2D eigenvalue weighted by Gasteiger charge is -2.15. The van der Waals surface area contributed by atoms with E-state index in [2.05, 4.69) is 51.4 Å². The first-order valence-corrected chi connectivity index (χ1v) is 12.3. The second-order valence-corrected chi connectivity index (χ2v) is 10.2. The molecular formula is C28H34N8O2. The smallest absolute Gasteiger partial charge is 0.174 e. The molecule has 2 aromatic heterocycles. The SMILES string of the molecule is CN(C)CCOc1ccc(C(=N)c2c(N)ncnc2Nc2ccc(Nc3cc(C(C)(C)C)on3)cc2)cc1. The molecular weight excluding hydrogens is 480 g/mol. The number of hydrogen-bond donors (Lipinski definition) is 4. The van der Waals surface area contributed by atoms with E-state index in [1.54, 1.807) is 0 Å². The summed E-state index contributed by atoms with van der Waals surface area (Å²) in [5.41, 5.74) is 9.02. The predicted octanol–water partition coefficient (Wildman–Crippen LogP) is 5.19. The summed E-state index contributed by atoms with van der Waals surface area (Å²) in [5, 5.41) is 19.4. The molecule has 198 valence electrons. The van der Waals surface area contributed by atoms with Crippen molar-refractivity contribution < 1.29 is 9.26 Å². The first kappa shape index (κ1) is 26.6. The van der Waals surface area contributed by atoms with Crippen molar-refractivity contribution in [1.82, 2.24) is 20.0 Å². The Balaban J connectivity index is 1.46. The number of rotatable bonds is 10. The van der Waals surface area contributed by atoms with E-state index >= 15 is 0 Å². The number of nitrogens with two attached hydrogens (primary N) is 1. The van der Waals surface area contributed by atoms with E-state index < -0.39 is 0 Å². The monoisotopic (exact) mass is 514 g/mol. The van der Waals surface area contributed by atoms with E-state index in [4.69, 9.17) is 20.4 Å². The second kappa shape index (κ2) is 11.3. The summed E-state index contributed by atoms with van der Waals surface area (Å²) < 4.78 is 11.2. The summed E-state index contributed by atoms with van der Waals surface area (Å²) in [6.07, 6.45) is 1.38. The van der Waals surface area contributed by atoms with E-state index in [1.165, 1.54) is 6.33 Å². The van der Waals surface area contributed by atoms with E-state index in [1.807, 2.05) is 68.7 Å². The largest absolute Gasteiger partial charge is 0.492 e. The number of anilines is 5. The van der Waals surface area contributed by atoms with Gasteiger partial charge in [0.25, 0.3) is 0 Å². The number of ether oxygens (including phenoxy) is 1. The third-order valence-corrected chi connectivity index (χ3v) is 5.75. The minimum atomic E-state index is -0.118. The minimum Gasteiger partial charge on any atom is -0.492 e. The molecule has 38 heavy (non-hydrogen) atoms. The molecule has 4 aromatic rings. The number of likely N-dealkylation sites (N-methyl/N-ethyl adjacent to an activating group) is 1. The van der Waals surface area contributed by atoms with Gasteiger partial charge in [0.05, 0.1) is 11.3 Å². The van der Waals surface area contributed by atoms with Gasteiger partial charge in [-0.15, -0.1) is 0 Å². The van der Waals surface area contributed by atoms with Crippen molar-refractivity contribution in [3.8, 4) is 5.75 Å². The zero-order chi connectivity index (χ0) is 27.3. The molecule has 0 radical (unpaired) electrons. The summed E-state index contributed by atoms with van der Waals surface area (Å²) in [5.74, 6) is 2.86. The lowest BCUT2D eigenvalue weighted by Crippen LogP contribution is -2.19. The van der Waals surface area contributed by atoms with Crippen LogP contribution in [0, 0.1) is 5.41 Å². The molecule has 0 aliphatic carbocycles. The molecule has 2 aromatic carbocycles. The topological polar surface area (TPSA) is 138 Å². The second-order valence-electron chi connectivity index (χ2n) is 10.2. The van der Waals surface area contributed by atoms with Gasteiger partial charge in [0.15, 0.2) is 5.82 Å². The number of aromatic nitrogens is 3. The van der Waals surface area contributed by atoms with Crippen LogP contribution < -0.4 is 21.1 Å². The number of nitrogen functional groups attached to an aromatic ring is 1. The average Bonchev–Trinajstić information content (AvgIpc) is 3.35. The first-order chi connectivity index (χ1) is 18.1. The number of benzene rings is 2. The van der Waals surface area contributed by atoms with Gasteiger partial charge in [0, 0.05) is 35.0 Å². The van der Waals surface area contributed by atoms with Crippen molar-refractivity contribution in [2.24, 2.45) is 0 Å². The summed E-state index contributed by atoms with van der Waals surface area (Å²) in [7, 11) is 4.00. The van der Waals surface area contributed by atoms with Crippen molar-refractivity contribution in [3.63, 3.8) is 0 Å². The van der Waals surface area contributed by atoms with Crippen LogP contribution in [-0.4, -0.2) is 53.0 Å². The van der Waals surface area contributed by atoms with Crippen molar-refractivity contribution in [2.45, 2.75) is 26.2 Å². The zero-order valence-electron chi connectivity index (χ0n) is 22.4. The highest BCUT2D eigenvalue weighted by atomic mass is 16.5. The van der Waals surface area contributed by atoms with Crippen molar-refractivity contribution >= 4 is 34.5 Å². The van der Waals surface area contributed by atoms with Crippen LogP contribution in [0.15, 0.2) is 65.4 Å². The molecule has 10 heteroatoms. The molecule has 0 atom stereocenters. The van der Waals surface area contributed by atoms with Crippen LogP contribution in [0.25, 0.3) is 0 Å². The third-order valence-electron chi connectivity index (χ3n) is 5.75. The Bertz CT molecular complexity index is 1370. The van der Waals surface area contributed by atoms with Crippen LogP contribution in [0.3, 0.4) is 0 Å². The number of hydrogen-bond acceptors (Lipinski definition) is 10. The maximum atomic E-state index is 8.81. The van der Waals surface area contributed by atoms with E-state index in [-0.39, 0.29) is 16.9 Å². The number of nitrogens with one attached hydrogen (secondary N) is 3. The van der Waals surface area contributed by atoms with Crippen LogP contribution in [-0.2, 0) is 5.41 Å². The van der Waals surface area contributed by atoms with Crippen LogP contribution >= 0.6 is 0 Å². The summed E-state index contributed by atoms with van der Waals surface area (Å²) in [6.45, 7) is 7.62. The fourth-order valence-corrected chi connectivity index (χ4v) is 3.56. The molecule has 0 bridgehead atoms. The predicted molar refractivity (Wildman–Crippen MR) is 151 cm³/mol. The Morgan fingerprint density at radius 2 is 1.66 bits per heavy atom. The lowest BCUT2D eigenvalue weighted by molar-refractivity contribution is 0.261. The highest BCUT2D eigenvalue weighted by Gasteiger charge is 2.20. The fourth-order valence-electron chi connectivity index (χ4n) is 3.56. The third kappa shape index (κ3) is 6.65. The fraction of sp³-hybridized carbons (Fsp3) is 0.286. The first-order valence-electron chi connectivity index (χ1n) is 12.3. The van der Waals surface area contributed by atoms with Gasteiger partial charge in [-0.3, -0.25) is 5.41 Å². The molecule has 0 spiro atoms. The van der Waals surface area contributed by atoms with Gasteiger partial charge in [0.2, 0.25) is 0 Å². The zero-order valence-corrected chi connectivity index (χ0v) is 22.4. The van der Waals surface area contributed by atoms with Gasteiger partial charge in [-0.2, -0.15) is 0 Å². The highest BCUT2D eigenvalue weighted by Crippen LogP contribution is 2.28. The summed E-state index contributed by atoms with van der Waals surface area (Å²) >= 11 is 0. The van der Waals surface area contributed by atoms with Gasteiger partial charge >= 0.3 is 0 Å². The number of nitrogens with zero attached hydrogens (tertiary/aromatic N) is 4. The maximum Gasteiger partial charge on any atom is 0.174 e. The normalized spacial score (nSPS) is 11.4. The Morgan fingerprint density at radius 3 is 2.26 bits per heavy atom. The molecule has 10 nitrogen and oxygen atoms in total. The standard InChI is InChI=1S/C28H34N8O2/c1-28(2,3)22-16-23(35-38-22)33-19-8-10-20(11-9-19)34-27-24(26(30)31-17-32-27)25(29)18-6-12-21(13-7-18)37-15-14-36(4)5/h6-13,16-17,29H,14-15H2,1-5H3,(H,33,35)(H3,30,31,32,34). The Morgan fingerprint density at radius 1 is 1.00 bits per heavy atom. The van der Waals surface area contributed by atoms with Crippen LogP contribution in [0.5, 0.6) is 5.75 Å². The van der Waals surface area contributed by atoms with Crippen LogP contribution in [0.1, 0.15) is 37.7 Å². The molecule has 5 N–H and O–H groups in total. The van der Waals surface area contributed by atoms with Gasteiger partial charge in [-0.25, -0.2) is 9.97 Å². The molecule has 0 saturated heterocycles. The Hall–Kier alpha value is -4.44. The van der Waals surface area contributed by atoms with Gasteiger partial charge in [0.1, 0.15) is 36.1 Å². The van der Waals surface area contributed by atoms with Crippen molar-refractivity contribution in [3.05, 3.63) is 77.8 Å². The molecule has 0 aliphatic heterocycles. The van der Waals surface area contributed by atoms with E-state index in [0.29, 0.717) is 29.4 Å². The maximum absolute atomic E-state index is 8.81. The molecule has 0 unspecified atom stereocenters. The highest BCUT2D eigenvalue weighted by molar-refractivity contribution is 6.16. The van der Waals surface area contributed by atoms with E-state index in [9.17, 15) is 0 Å². The van der Waals surface area contributed by atoms with Gasteiger partial charge in [-0.1, -0.05) is 25.9 Å². The molecule has 0 fully saturated rings. The summed E-state index contributed by atoms with van der Waals surface area (Å²) in [6, 6.07) is 16.9. The molecule has 0 amide bonds.